The topological polar surface area (TPSA) is 38.7 Å². The normalized spacial score (nSPS) is 10.8. The lowest BCUT2D eigenvalue weighted by molar-refractivity contribution is 0.0526. The number of aliphatic imine (C=N–C) groups is 1. The van der Waals surface area contributed by atoms with E-state index in [1.807, 2.05) is 18.2 Å². The van der Waals surface area contributed by atoms with Crippen LogP contribution in [0, 0.1) is 0 Å². The summed E-state index contributed by atoms with van der Waals surface area (Å²) in [6.45, 7) is 2.14. The number of thiophene rings is 1. The second-order valence-electron chi connectivity index (χ2n) is 3.67. The van der Waals surface area contributed by atoms with Crippen molar-refractivity contribution in [2.45, 2.75) is 6.92 Å². The second-order valence-corrected chi connectivity index (χ2v) is 5.42. The van der Waals surface area contributed by atoms with E-state index in [4.69, 9.17) is 16.3 Å². The molecule has 0 atom stereocenters. The van der Waals surface area contributed by atoms with Gasteiger partial charge in [-0.1, -0.05) is 17.7 Å². The number of nitrogens with zero attached hydrogens (tertiary/aromatic N) is 1. The van der Waals surface area contributed by atoms with Gasteiger partial charge in [-0.05, 0) is 37.3 Å². The van der Waals surface area contributed by atoms with Crippen molar-refractivity contribution in [3.8, 4) is 0 Å². The molecule has 2 aromatic rings. The number of halogens is 1. The zero-order chi connectivity index (χ0) is 13.7. The first-order valence-corrected chi connectivity index (χ1v) is 6.95. The molecule has 98 valence electrons. The van der Waals surface area contributed by atoms with Crippen LogP contribution in [0.1, 0.15) is 22.2 Å². The van der Waals surface area contributed by atoms with Crippen LogP contribution < -0.4 is 0 Å². The van der Waals surface area contributed by atoms with E-state index in [0.29, 0.717) is 17.9 Å². The maximum absolute atomic E-state index is 11.6. The fourth-order valence-electron chi connectivity index (χ4n) is 1.46. The number of ether oxygens (including phenoxy) is 1. The molecule has 19 heavy (non-hydrogen) atoms. The van der Waals surface area contributed by atoms with Crippen LogP contribution in [0.2, 0.25) is 4.34 Å². The molecule has 0 spiro atoms. The van der Waals surface area contributed by atoms with Gasteiger partial charge in [-0.25, -0.2) is 4.79 Å². The van der Waals surface area contributed by atoms with Gasteiger partial charge in [0.05, 0.1) is 22.2 Å². The molecule has 0 radical (unpaired) electrons. The van der Waals surface area contributed by atoms with Crippen LogP contribution in [-0.2, 0) is 4.74 Å². The molecule has 3 nitrogen and oxygen atoms in total. The molecular formula is C14H12ClNO2S. The van der Waals surface area contributed by atoms with Gasteiger partial charge in [0.15, 0.2) is 0 Å². The highest BCUT2D eigenvalue weighted by Gasteiger charge is 2.05. The van der Waals surface area contributed by atoms with E-state index in [9.17, 15) is 4.79 Å². The van der Waals surface area contributed by atoms with E-state index < -0.39 is 0 Å². The Labute approximate surface area is 120 Å². The molecule has 1 heterocycles. The molecular weight excluding hydrogens is 282 g/mol. The van der Waals surface area contributed by atoms with Crippen molar-refractivity contribution >= 4 is 40.8 Å². The highest BCUT2D eigenvalue weighted by atomic mass is 35.5. The number of benzene rings is 1. The van der Waals surface area contributed by atoms with Gasteiger partial charge in [0, 0.05) is 11.1 Å². The first-order valence-electron chi connectivity index (χ1n) is 5.75. The van der Waals surface area contributed by atoms with Gasteiger partial charge in [0.1, 0.15) is 0 Å². The van der Waals surface area contributed by atoms with E-state index >= 15 is 0 Å². The summed E-state index contributed by atoms with van der Waals surface area (Å²) < 4.78 is 5.67. The fourth-order valence-corrected chi connectivity index (χ4v) is 2.40. The Balaban J connectivity index is 2.15. The number of rotatable bonds is 4. The molecule has 0 fully saturated rings. The van der Waals surface area contributed by atoms with E-state index in [0.717, 1.165) is 9.21 Å². The fraction of sp³-hybridized carbons (Fsp3) is 0.143. The first-order chi connectivity index (χ1) is 9.19. The summed E-state index contributed by atoms with van der Waals surface area (Å²) in [7, 11) is 0. The van der Waals surface area contributed by atoms with Crippen LogP contribution in [0.15, 0.2) is 41.4 Å². The number of hydrogen-bond acceptors (Lipinski definition) is 4. The first kappa shape index (κ1) is 13.8. The van der Waals surface area contributed by atoms with Crippen molar-refractivity contribution in [1.29, 1.82) is 0 Å². The second kappa shape index (κ2) is 6.50. The molecule has 0 amide bonds. The Morgan fingerprint density at radius 3 is 2.95 bits per heavy atom. The van der Waals surface area contributed by atoms with Gasteiger partial charge >= 0.3 is 5.97 Å². The molecule has 0 aliphatic carbocycles. The molecule has 0 N–H and O–H groups in total. The Hall–Kier alpha value is -1.65. The molecule has 0 bridgehead atoms. The highest BCUT2D eigenvalue weighted by molar-refractivity contribution is 7.17. The summed E-state index contributed by atoms with van der Waals surface area (Å²) in [4.78, 5) is 16.9. The average Bonchev–Trinajstić information content (AvgIpc) is 2.83. The maximum atomic E-state index is 11.6. The average molecular weight is 294 g/mol. The monoisotopic (exact) mass is 293 g/mol. The van der Waals surface area contributed by atoms with E-state index in [-0.39, 0.29) is 5.97 Å². The molecule has 2 rings (SSSR count). The highest BCUT2D eigenvalue weighted by Crippen LogP contribution is 2.21. The van der Waals surface area contributed by atoms with E-state index in [1.54, 1.807) is 31.3 Å². The van der Waals surface area contributed by atoms with Gasteiger partial charge in [-0.15, -0.1) is 11.3 Å². The minimum absolute atomic E-state index is 0.335. The van der Waals surface area contributed by atoms with Crippen molar-refractivity contribution in [3.05, 3.63) is 51.2 Å². The lowest BCUT2D eigenvalue weighted by atomic mass is 10.2. The summed E-state index contributed by atoms with van der Waals surface area (Å²) in [5.74, 6) is -0.335. The third-order valence-corrected chi connectivity index (χ3v) is 3.46. The van der Waals surface area contributed by atoms with Crippen molar-refractivity contribution in [3.63, 3.8) is 0 Å². The van der Waals surface area contributed by atoms with Crippen LogP contribution in [0.25, 0.3) is 0 Å². The number of carbonyl (C=O) groups excluding carboxylic acids is 1. The molecule has 1 aromatic carbocycles. The van der Waals surface area contributed by atoms with Gasteiger partial charge < -0.3 is 4.74 Å². The van der Waals surface area contributed by atoms with Crippen LogP contribution in [0.4, 0.5) is 5.69 Å². The molecule has 0 saturated carbocycles. The zero-order valence-corrected chi connectivity index (χ0v) is 11.9. The smallest absolute Gasteiger partial charge is 0.338 e. The Morgan fingerprint density at radius 1 is 1.42 bits per heavy atom. The standard InChI is InChI=1S/C14H12ClNO2S/c1-2-18-14(17)10-4-3-5-11(8-10)16-9-12-6-7-13(15)19-12/h3-9H,2H2,1H3. The SMILES string of the molecule is CCOC(=O)c1cccc(N=Cc2ccc(Cl)s2)c1. The van der Waals surface area contributed by atoms with Gasteiger partial charge in [-0.3, -0.25) is 4.99 Å². The van der Waals surface area contributed by atoms with Crippen LogP contribution in [-0.4, -0.2) is 18.8 Å². The zero-order valence-electron chi connectivity index (χ0n) is 10.3. The van der Waals surface area contributed by atoms with Crippen LogP contribution in [0.3, 0.4) is 0 Å². The summed E-state index contributed by atoms with van der Waals surface area (Å²) in [5.41, 5.74) is 1.20. The van der Waals surface area contributed by atoms with Crippen molar-refractivity contribution < 1.29 is 9.53 Å². The molecule has 0 aliphatic heterocycles. The number of carbonyl (C=O) groups is 1. The number of esters is 1. The summed E-state index contributed by atoms with van der Waals surface area (Å²) >= 11 is 7.29. The van der Waals surface area contributed by atoms with Crippen LogP contribution >= 0.6 is 22.9 Å². The minimum Gasteiger partial charge on any atom is -0.462 e. The lowest BCUT2D eigenvalue weighted by Crippen LogP contribution is -2.03. The van der Waals surface area contributed by atoms with Crippen molar-refractivity contribution in [1.82, 2.24) is 0 Å². The molecule has 1 aromatic heterocycles. The lowest BCUT2D eigenvalue weighted by Gasteiger charge is -2.01. The summed E-state index contributed by atoms with van der Waals surface area (Å²) in [6, 6.07) is 10.7. The number of hydrogen-bond donors (Lipinski definition) is 0. The van der Waals surface area contributed by atoms with E-state index in [1.165, 1.54) is 11.3 Å². The Morgan fingerprint density at radius 2 is 2.26 bits per heavy atom. The van der Waals surface area contributed by atoms with Crippen molar-refractivity contribution in [2.75, 3.05) is 6.61 Å². The summed E-state index contributed by atoms with van der Waals surface area (Å²) in [5, 5.41) is 0. The Kier molecular flexibility index (Phi) is 4.71. The largest absolute Gasteiger partial charge is 0.462 e. The third-order valence-electron chi connectivity index (χ3n) is 2.29. The minimum atomic E-state index is -0.335. The molecule has 0 aliphatic rings. The van der Waals surface area contributed by atoms with Gasteiger partial charge in [0.2, 0.25) is 0 Å². The van der Waals surface area contributed by atoms with Crippen molar-refractivity contribution in [2.24, 2.45) is 4.99 Å². The molecule has 0 saturated heterocycles. The predicted octanol–water partition coefficient (Wildman–Crippen LogP) is 4.33. The van der Waals surface area contributed by atoms with Crippen LogP contribution in [0.5, 0.6) is 0 Å². The summed E-state index contributed by atoms with van der Waals surface area (Å²) in [6.07, 6.45) is 1.72. The third kappa shape index (κ3) is 3.91. The predicted molar refractivity (Wildman–Crippen MR) is 79.0 cm³/mol. The molecule has 0 unspecified atom stereocenters. The van der Waals surface area contributed by atoms with Gasteiger partial charge in [0.25, 0.3) is 0 Å². The molecule has 5 heteroatoms. The Bertz CT molecular complexity index is 607. The maximum Gasteiger partial charge on any atom is 0.338 e. The van der Waals surface area contributed by atoms with Gasteiger partial charge in [-0.2, -0.15) is 0 Å². The van der Waals surface area contributed by atoms with E-state index in [2.05, 4.69) is 4.99 Å². The quantitative estimate of drug-likeness (QED) is 0.622.